The molecule has 0 saturated carbocycles. The van der Waals surface area contributed by atoms with Crippen LogP contribution in [0.1, 0.15) is 35.1 Å². The Labute approximate surface area is 177 Å². The Kier molecular flexibility index (Phi) is 4.74. The van der Waals surface area contributed by atoms with Crippen LogP contribution in [-0.4, -0.2) is 42.3 Å². The molecule has 1 amide bonds. The summed E-state index contributed by atoms with van der Waals surface area (Å²) < 4.78 is 0. The van der Waals surface area contributed by atoms with Crippen molar-refractivity contribution in [1.82, 2.24) is 10.2 Å². The Hall–Kier alpha value is -2.86. The van der Waals surface area contributed by atoms with Gasteiger partial charge in [0.2, 0.25) is 5.91 Å². The van der Waals surface area contributed by atoms with Gasteiger partial charge in [-0.25, -0.2) is 0 Å². The summed E-state index contributed by atoms with van der Waals surface area (Å²) in [5, 5.41) is 10.5. The van der Waals surface area contributed by atoms with E-state index in [0.29, 0.717) is 19.5 Å². The molecule has 1 saturated heterocycles. The van der Waals surface area contributed by atoms with Crippen LogP contribution in [0.5, 0.6) is 0 Å². The monoisotopic (exact) mass is 403 g/mol. The van der Waals surface area contributed by atoms with Crippen LogP contribution in [0.2, 0.25) is 0 Å². The lowest BCUT2D eigenvalue weighted by molar-refractivity contribution is -0.121. The SMILES string of the molecule is Cc1cccc(CN=C2Nc3cc4c(cc3NC23CCN(C)CC3)CNC(=O)C4)c1. The zero-order valence-corrected chi connectivity index (χ0v) is 17.7. The molecule has 3 aliphatic rings. The molecule has 0 aliphatic carbocycles. The van der Waals surface area contributed by atoms with Crippen molar-refractivity contribution in [3.05, 3.63) is 58.7 Å². The molecule has 0 unspecified atom stereocenters. The lowest BCUT2D eigenvalue weighted by Gasteiger charge is -2.46. The van der Waals surface area contributed by atoms with Crippen molar-refractivity contribution in [2.45, 2.75) is 44.8 Å². The van der Waals surface area contributed by atoms with E-state index in [4.69, 9.17) is 4.99 Å². The van der Waals surface area contributed by atoms with Gasteiger partial charge in [0, 0.05) is 19.6 Å². The van der Waals surface area contributed by atoms with Gasteiger partial charge in [-0.1, -0.05) is 29.8 Å². The number of fused-ring (bicyclic) bond motifs is 2. The zero-order valence-electron chi connectivity index (χ0n) is 17.7. The molecule has 0 aromatic heterocycles. The predicted octanol–water partition coefficient (Wildman–Crippen LogP) is 3.07. The number of aliphatic imine (C=N–C) groups is 1. The van der Waals surface area contributed by atoms with Crippen molar-refractivity contribution in [3.63, 3.8) is 0 Å². The second-order valence-corrected chi connectivity index (χ2v) is 8.91. The van der Waals surface area contributed by atoms with Crippen molar-refractivity contribution in [2.24, 2.45) is 4.99 Å². The molecule has 6 heteroatoms. The van der Waals surface area contributed by atoms with Crippen LogP contribution in [-0.2, 0) is 24.3 Å². The maximum absolute atomic E-state index is 11.8. The van der Waals surface area contributed by atoms with Gasteiger partial charge >= 0.3 is 0 Å². The van der Waals surface area contributed by atoms with Crippen LogP contribution in [0.25, 0.3) is 0 Å². The molecule has 1 fully saturated rings. The smallest absolute Gasteiger partial charge is 0.224 e. The minimum absolute atomic E-state index is 0.0892. The fourth-order valence-electron chi connectivity index (χ4n) is 4.75. The number of benzene rings is 2. The number of amidine groups is 1. The van der Waals surface area contributed by atoms with E-state index in [-0.39, 0.29) is 11.4 Å². The Morgan fingerprint density at radius 1 is 1.10 bits per heavy atom. The molecule has 3 N–H and O–H groups in total. The quantitative estimate of drug-likeness (QED) is 0.721. The normalized spacial score (nSPS) is 21.4. The lowest BCUT2D eigenvalue weighted by atomic mass is 9.83. The first kappa shape index (κ1) is 19.1. The highest BCUT2D eigenvalue weighted by Gasteiger charge is 2.42. The molecule has 0 bridgehead atoms. The Morgan fingerprint density at radius 2 is 1.90 bits per heavy atom. The van der Waals surface area contributed by atoms with E-state index >= 15 is 0 Å². The number of carbonyl (C=O) groups excluding carboxylic acids is 1. The van der Waals surface area contributed by atoms with Gasteiger partial charge in [-0.15, -0.1) is 0 Å². The first-order valence-electron chi connectivity index (χ1n) is 10.8. The number of hydrogen-bond donors (Lipinski definition) is 3. The molecule has 1 spiro atoms. The standard InChI is InChI=1S/C24H29N5O/c1-16-4-3-5-17(10-16)14-26-23-24(6-8-29(2)9-7-24)28-21-12-19-15-25-22(30)13-18(19)11-20(21)27-23/h3-5,10-12,28H,6-9,13-15H2,1-2H3,(H,25,30)(H,26,27). The highest BCUT2D eigenvalue weighted by atomic mass is 16.1. The molecular weight excluding hydrogens is 374 g/mol. The van der Waals surface area contributed by atoms with E-state index in [9.17, 15) is 4.79 Å². The van der Waals surface area contributed by atoms with Gasteiger partial charge in [-0.2, -0.15) is 0 Å². The van der Waals surface area contributed by atoms with E-state index in [0.717, 1.165) is 48.7 Å². The molecule has 156 valence electrons. The molecule has 5 rings (SSSR count). The summed E-state index contributed by atoms with van der Waals surface area (Å²) >= 11 is 0. The third kappa shape index (κ3) is 3.56. The maximum atomic E-state index is 11.8. The van der Waals surface area contributed by atoms with Crippen LogP contribution >= 0.6 is 0 Å². The summed E-state index contributed by atoms with van der Waals surface area (Å²) in [7, 11) is 2.18. The molecule has 3 aliphatic heterocycles. The second kappa shape index (κ2) is 7.43. The van der Waals surface area contributed by atoms with Gasteiger partial charge in [0.05, 0.1) is 29.9 Å². The van der Waals surface area contributed by atoms with E-state index in [1.807, 2.05) is 0 Å². The number of likely N-dealkylation sites (tertiary alicyclic amines) is 1. The summed E-state index contributed by atoms with van der Waals surface area (Å²) in [5.41, 5.74) is 6.75. The highest BCUT2D eigenvalue weighted by molar-refractivity contribution is 6.10. The van der Waals surface area contributed by atoms with E-state index < -0.39 is 0 Å². The fraction of sp³-hybridized carbons (Fsp3) is 0.417. The number of amides is 1. The number of anilines is 2. The molecule has 0 radical (unpaired) electrons. The van der Waals surface area contributed by atoms with Crippen molar-refractivity contribution < 1.29 is 4.79 Å². The zero-order chi connectivity index (χ0) is 20.7. The van der Waals surface area contributed by atoms with Crippen molar-refractivity contribution in [1.29, 1.82) is 0 Å². The summed E-state index contributed by atoms with van der Waals surface area (Å²) in [6.45, 7) is 5.45. The molecule has 0 atom stereocenters. The Balaban J connectivity index is 1.50. The van der Waals surface area contributed by atoms with Gasteiger partial charge in [0.15, 0.2) is 0 Å². The largest absolute Gasteiger partial charge is 0.371 e. The van der Waals surface area contributed by atoms with Gasteiger partial charge in [-0.05, 0) is 55.6 Å². The number of hydrogen-bond acceptors (Lipinski definition) is 4. The van der Waals surface area contributed by atoms with E-state index in [1.54, 1.807) is 0 Å². The number of nitrogens with zero attached hydrogens (tertiary/aromatic N) is 2. The third-order valence-corrected chi connectivity index (χ3v) is 6.59. The number of piperidine rings is 1. The van der Waals surface area contributed by atoms with Crippen molar-refractivity contribution in [3.8, 4) is 0 Å². The van der Waals surface area contributed by atoms with Crippen LogP contribution in [0, 0.1) is 6.92 Å². The molecule has 30 heavy (non-hydrogen) atoms. The topological polar surface area (TPSA) is 68.8 Å². The minimum Gasteiger partial charge on any atom is -0.371 e. The summed E-state index contributed by atoms with van der Waals surface area (Å²) in [6, 6.07) is 12.9. The van der Waals surface area contributed by atoms with Crippen LogP contribution in [0.15, 0.2) is 41.4 Å². The molecular formula is C24H29N5O. The highest BCUT2D eigenvalue weighted by Crippen LogP contribution is 2.39. The summed E-state index contributed by atoms with van der Waals surface area (Å²) in [6.07, 6.45) is 2.46. The summed E-state index contributed by atoms with van der Waals surface area (Å²) in [5.74, 6) is 1.11. The van der Waals surface area contributed by atoms with Gasteiger partial charge in [-0.3, -0.25) is 9.79 Å². The molecule has 3 heterocycles. The molecule has 6 nitrogen and oxygen atoms in total. The average Bonchev–Trinajstić information content (AvgIpc) is 2.73. The average molecular weight is 404 g/mol. The number of nitrogens with one attached hydrogen (secondary N) is 3. The van der Waals surface area contributed by atoms with Crippen LogP contribution < -0.4 is 16.0 Å². The lowest BCUT2D eigenvalue weighted by Crippen LogP contribution is -2.58. The third-order valence-electron chi connectivity index (χ3n) is 6.59. The first-order valence-corrected chi connectivity index (χ1v) is 10.8. The van der Waals surface area contributed by atoms with E-state index in [2.05, 4.69) is 71.2 Å². The van der Waals surface area contributed by atoms with E-state index in [1.165, 1.54) is 16.7 Å². The molecule has 2 aromatic rings. The van der Waals surface area contributed by atoms with Gasteiger partial charge in [0.1, 0.15) is 5.84 Å². The maximum Gasteiger partial charge on any atom is 0.224 e. The number of aryl methyl sites for hydroxylation is 1. The van der Waals surface area contributed by atoms with Crippen molar-refractivity contribution in [2.75, 3.05) is 30.8 Å². The summed E-state index contributed by atoms with van der Waals surface area (Å²) in [4.78, 5) is 19.3. The Bertz CT molecular complexity index is 1020. The van der Waals surface area contributed by atoms with Crippen LogP contribution in [0.4, 0.5) is 11.4 Å². The minimum atomic E-state index is -0.171. The first-order chi connectivity index (χ1) is 14.5. The fourth-order valence-corrected chi connectivity index (χ4v) is 4.75. The van der Waals surface area contributed by atoms with Crippen LogP contribution in [0.3, 0.4) is 0 Å². The van der Waals surface area contributed by atoms with Gasteiger partial charge < -0.3 is 20.9 Å². The Morgan fingerprint density at radius 3 is 2.70 bits per heavy atom. The number of rotatable bonds is 2. The van der Waals surface area contributed by atoms with Gasteiger partial charge in [0.25, 0.3) is 0 Å². The number of carbonyl (C=O) groups is 1. The predicted molar refractivity (Wildman–Crippen MR) is 121 cm³/mol. The molecule has 2 aromatic carbocycles. The van der Waals surface area contributed by atoms with Crippen molar-refractivity contribution >= 4 is 23.1 Å². The second-order valence-electron chi connectivity index (χ2n) is 8.91.